The number of nitrogens with one attached hydrogen (secondary N) is 1. The molecule has 0 saturated carbocycles. The molecule has 100 valence electrons. The van der Waals surface area contributed by atoms with E-state index < -0.39 is 0 Å². The predicted octanol–water partition coefficient (Wildman–Crippen LogP) is 2.61. The van der Waals surface area contributed by atoms with E-state index in [9.17, 15) is 0 Å². The van der Waals surface area contributed by atoms with Gasteiger partial charge in [0.2, 0.25) is 0 Å². The van der Waals surface area contributed by atoms with E-state index in [1.54, 1.807) is 0 Å². The molecule has 0 aromatic heterocycles. The summed E-state index contributed by atoms with van der Waals surface area (Å²) in [4.78, 5) is 2.66. The van der Waals surface area contributed by atoms with Crippen molar-refractivity contribution in [2.45, 2.75) is 38.6 Å². The van der Waals surface area contributed by atoms with Crippen LogP contribution < -0.4 is 5.32 Å². The largest absolute Gasteiger partial charge is 0.318 e. The summed E-state index contributed by atoms with van der Waals surface area (Å²) in [6.07, 6.45) is 5.23. The molecule has 1 heterocycles. The molecule has 18 heavy (non-hydrogen) atoms. The van der Waals surface area contributed by atoms with Gasteiger partial charge in [0.1, 0.15) is 0 Å². The fourth-order valence-corrected chi connectivity index (χ4v) is 3.01. The van der Waals surface area contributed by atoms with Crippen LogP contribution >= 0.6 is 0 Å². The van der Waals surface area contributed by atoms with Crippen molar-refractivity contribution in [1.82, 2.24) is 10.2 Å². The van der Waals surface area contributed by atoms with Crippen molar-refractivity contribution < 1.29 is 0 Å². The van der Waals surface area contributed by atoms with E-state index >= 15 is 0 Å². The first kappa shape index (κ1) is 13.6. The number of nitrogens with zero attached hydrogens (tertiary/aromatic N) is 1. The average molecular weight is 246 g/mol. The van der Waals surface area contributed by atoms with E-state index in [4.69, 9.17) is 0 Å². The van der Waals surface area contributed by atoms with E-state index in [1.165, 1.54) is 49.9 Å². The highest BCUT2D eigenvalue weighted by molar-refractivity contribution is 5.22. The fraction of sp³-hybridized carbons (Fsp3) is 0.625. The van der Waals surface area contributed by atoms with Crippen LogP contribution in [0.4, 0.5) is 0 Å². The molecule has 2 rings (SSSR count). The second kappa shape index (κ2) is 6.91. The molecule has 1 atom stereocenters. The molecule has 0 spiro atoms. The molecule has 0 radical (unpaired) electrons. The molecule has 1 aliphatic heterocycles. The quantitative estimate of drug-likeness (QED) is 0.830. The van der Waals surface area contributed by atoms with Crippen LogP contribution in [0.25, 0.3) is 0 Å². The Morgan fingerprint density at radius 1 is 1.39 bits per heavy atom. The minimum atomic E-state index is 0.771. The minimum absolute atomic E-state index is 0.771. The third kappa shape index (κ3) is 3.82. The standard InChI is InChI=1S/C16H26N2/c1-14-6-3-7-15(12-14)8-4-10-18-11-5-9-16(18)13-17-2/h3,6-7,12,16-17H,4-5,8-11,13H2,1-2H3. The summed E-state index contributed by atoms with van der Waals surface area (Å²) in [5, 5.41) is 3.31. The molecule has 2 heteroatoms. The van der Waals surface area contributed by atoms with Crippen molar-refractivity contribution in [1.29, 1.82) is 0 Å². The number of rotatable bonds is 6. The van der Waals surface area contributed by atoms with Gasteiger partial charge in [-0.15, -0.1) is 0 Å². The smallest absolute Gasteiger partial charge is 0.0220 e. The highest BCUT2D eigenvalue weighted by Crippen LogP contribution is 2.17. The van der Waals surface area contributed by atoms with Crippen molar-refractivity contribution in [3.05, 3.63) is 35.4 Å². The lowest BCUT2D eigenvalue weighted by atomic mass is 10.1. The lowest BCUT2D eigenvalue weighted by Crippen LogP contribution is -2.37. The van der Waals surface area contributed by atoms with Gasteiger partial charge in [0.15, 0.2) is 0 Å². The van der Waals surface area contributed by atoms with Crippen LogP contribution in [-0.2, 0) is 6.42 Å². The van der Waals surface area contributed by atoms with Gasteiger partial charge in [0.25, 0.3) is 0 Å². The van der Waals surface area contributed by atoms with Crippen LogP contribution in [0.1, 0.15) is 30.4 Å². The van der Waals surface area contributed by atoms with E-state index in [-0.39, 0.29) is 0 Å². The summed E-state index contributed by atoms with van der Waals surface area (Å²) in [6, 6.07) is 9.68. The Hall–Kier alpha value is -0.860. The molecule has 0 amide bonds. The van der Waals surface area contributed by atoms with Gasteiger partial charge in [0, 0.05) is 12.6 Å². The molecule has 1 aromatic carbocycles. The van der Waals surface area contributed by atoms with E-state index in [2.05, 4.69) is 48.5 Å². The Morgan fingerprint density at radius 3 is 3.06 bits per heavy atom. The highest BCUT2D eigenvalue weighted by atomic mass is 15.2. The molecular formula is C16H26N2. The van der Waals surface area contributed by atoms with E-state index in [0.717, 1.165) is 12.6 Å². The molecule has 0 aliphatic carbocycles. The van der Waals surface area contributed by atoms with Gasteiger partial charge < -0.3 is 5.32 Å². The van der Waals surface area contributed by atoms with Crippen LogP contribution in [0.2, 0.25) is 0 Å². The number of aryl methyl sites for hydroxylation is 2. The summed E-state index contributed by atoms with van der Waals surface area (Å²) in [5.41, 5.74) is 2.86. The van der Waals surface area contributed by atoms with Crippen molar-refractivity contribution in [3.8, 4) is 0 Å². The first-order valence-corrected chi connectivity index (χ1v) is 7.24. The van der Waals surface area contributed by atoms with Crippen molar-refractivity contribution in [2.24, 2.45) is 0 Å². The lowest BCUT2D eigenvalue weighted by molar-refractivity contribution is 0.248. The minimum Gasteiger partial charge on any atom is -0.318 e. The van der Waals surface area contributed by atoms with Gasteiger partial charge in [0.05, 0.1) is 0 Å². The number of likely N-dealkylation sites (tertiary alicyclic amines) is 1. The van der Waals surface area contributed by atoms with Crippen LogP contribution in [0.3, 0.4) is 0 Å². The maximum Gasteiger partial charge on any atom is 0.0220 e. The lowest BCUT2D eigenvalue weighted by Gasteiger charge is -2.24. The number of hydrogen-bond donors (Lipinski definition) is 1. The van der Waals surface area contributed by atoms with Crippen LogP contribution in [-0.4, -0.2) is 37.6 Å². The Kier molecular flexibility index (Phi) is 5.21. The van der Waals surface area contributed by atoms with Gasteiger partial charge in [-0.2, -0.15) is 0 Å². The Labute approximate surface area is 111 Å². The maximum absolute atomic E-state index is 3.31. The van der Waals surface area contributed by atoms with E-state index in [1.807, 2.05) is 0 Å². The van der Waals surface area contributed by atoms with Gasteiger partial charge in [-0.25, -0.2) is 0 Å². The number of hydrogen-bond acceptors (Lipinski definition) is 2. The van der Waals surface area contributed by atoms with Crippen LogP contribution in [0.5, 0.6) is 0 Å². The zero-order valence-corrected chi connectivity index (χ0v) is 11.8. The highest BCUT2D eigenvalue weighted by Gasteiger charge is 2.22. The molecule has 1 unspecified atom stereocenters. The molecule has 1 saturated heterocycles. The average Bonchev–Trinajstić information content (AvgIpc) is 2.78. The molecule has 1 N–H and O–H groups in total. The number of likely N-dealkylation sites (N-methyl/N-ethyl adjacent to an activating group) is 1. The summed E-state index contributed by atoms with van der Waals surface area (Å²) < 4.78 is 0. The zero-order chi connectivity index (χ0) is 12.8. The molecule has 0 bridgehead atoms. The normalized spacial score (nSPS) is 20.4. The van der Waals surface area contributed by atoms with Crippen molar-refractivity contribution >= 4 is 0 Å². The molecule has 1 aliphatic rings. The first-order chi connectivity index (χ1) is 8.79. The first-order valence-electron chi connectivity index (χ1n) is 7.24. The molecular weight excluding hydrogens is 220 g/mol. The van der Waals surface area contributed by atoms with Gasteiger partial charge >= 0.3 is 0 Å². The van der Waals surface area contributed by atoms with Crippen LogP contribution in [0.15, 0.2) is 24.3 Å². The van der Waals surface area contributed by atoms with Crippen molar-refractivity contribution in [3.63, 3.8) is 0 Å². The molecule has 1 fully saturated rings. The Morgan fingerprint density at radius 2 is 2.28 bits per heavy atom. The Balaban J connectivity index is 1.74. The number of benzene rings is 1. The van der Waals surface area contributed by atoms with Crippen molar-refractivity contribution in [2.75, 3.05) is 26.7 Å². The van der Waals surface area contributed by atoms with Gasteiger partial charge in [-0.1, -0.05) is 29.8 Å². The third-order valence-electron chi connectivity index (χ3n) is 3.93. The SMILES string of the molecule is CNCC1CCCN1CCCc1cccc(C)c1. The van der Waals surface area contributed by atoms with Crippen LogP contribution in [0, 0.1) is 6.92 Å². The second-order valence-corrected chi connectivity index (χ2v) is 5.48. The van der Waals surface area contributed by atoms with Gasteiger partial charge in [-0.05, 0) is 58.3 Å². The molecule has 1 aromatic rings. The second-order valence-electron chi connectivity index (χ2n) is 5.48. The molecule has 2 nitrogen and oxygen atoms in total. The van der Waals surface area contributed by atoms with E-state index in [0.29, 0.717) is 0 Å². The third-order valence-corrected chi connectivity index (χ3v) is 3.93. The summed E-state index contributed by atoms with van der Waals surface area (Å²) in [5.74, 6) is 0. The fourth-order valence-electron chi connectivity index (χ4n) is 3.01. The summed E-state index contributed by atoms with van der Waals surface area (Å²) in [7, 11) is 2.06. The topological polar surface area (TPSA) is 15.3 Å². The Bertz CT molecular complexity index is 362. The van der Waals surface area contributed by atoms with Gasteiger partial charge in [-0.3, -0.25) is 4.90 Å². The predicted molar refractivity (Wildman–Crippen MR) is 78.0 cm³/mol. The zero-order valence-electron chi connectivity index (χ0n) is 11.8. The maximum atomic E-state index is 3.31. The summed E-state index contributed by atoms with van der Waals surface area (Å²) >= 11 is 0. The monoisotopic (exact) mass is 246 g/mol. The summed E-state index contributed by atoms with van der Waals surface area (Å²) in [6.45, 7) is 5.86.